The van der Waals surface area contributed by atoms with E-state index in [-0.39, 0.29) is 28.4 Å². The van der Waals surface area contributed by atoms with Gasteiger partial charge in [0.25, 0.3) is 5.91 Å². The summed E-state index contributed by atoms with van der Waals surface area (Å²) >= 11 is 6.77. The number of nitriles is 1. The van der Waals surface area contributed by atoms with Crippen molar-refractivity contribution in [1.29, 1.82) is 5.26 Å². The van der Waals surface area contributed by atoms with E-state index in [1.54, 1.807) is 26.4 Å². The molecule has 1 aliphatic heterocycles. The molecule has 0 spiro atoms. The topological polar surface area (TPSA) is 106 Å². The molecule has 3 heterocycles. The number of rotatable bonds is 3. The maximum atomic E-state index is 14.5. The smallest absolute Gasteiger partial charge is 0.275 e. The Kier molecular flexibility index (Phi) is 5.55. The van der Waals surface area contributed by atoms with E-state index in [9.17, 15) is 9.18 Å². The van der Waals surface area contributed by atoms with E-state index in [0.29, 0.717) is 30.2 Å². The summed E-state index contributed by atoms with van der Waals surface area (Å²) in [4.78, 5) is 19.6. The molecular weight excluding hydrogens is 457 g/mol. The summed E-state index contributed by atoms with van der Waals surface area (Å²) in [7, 11) is 1.84. The van der Waals surface area contributed by atoms with Crippen LogP contribution >= 0.6 is 11.6 Å². The Bertz CT molecular complexity index is 1470. The number of likely N-dealkylation sites (tertiary alicyclic amines) is 1. The third-order valence-electron chi connectivity index (χ3n) is 6.10. The van der Waals surface area contributed by atoms with Crippen LogP contribution in [0.15, 0.2) is 42.6 Å². The van der Waals surface area contributed by atoms with E-state index in [1.807, 2.05) is 31.3 Å². The van der Waals surface area contributed by atoms with Crippen LogP contribution in [0, 0.1) is 17.1 Å². The van der Waals surface area contributed by atoms with Gasteiger partial charge in [0.1, 0.15) is 22.9 Å². The van der Waals surface area contributed by atoms with Gasteiger partial charge < -0.3 is 10.6 Å². The fourth-order valence-electron chi connectivity index (χ4n) is 4.35. The summed E-state index contributed by atoms with van der Waals surface area (Å²) in [5.41, 5.74) is 8.01. The van der Waals surface area contributed by atoms with Gasteiger partial charge in [0.15, 0.2) is 5.69 Å². The zero-order valence-electron chi connectivity index (χ0n) is 18.4. The van der Waals surface area contributed by atoms with Gasteiger partial charge in [-0.15, -0.1) is 0 Å². The molecule has 0 aliphatic carbocycles. The Labute approximate surface area is 200 Å². The molecule has 0 bridgehead atoms. The Hall–Kier alpha value is -3.74. The Morgan fingerprint density at radius 1 is 1.29 bits per heavy atom. The second-order valence-electron chi connectivity index (χ2n) is 8.38. The first-order chi connectivity index (χ1) is 16.4. The minimum Gasteiger partial charge on any atom is -0.336 e. The number of carbonyl (C=O) groups excluding carboxylic acids is 1. The number of fused-ring (bicyclic) bond motifs is 1. The quantitative estimate of drug-likeness (QED) is 0.484. The van der Waals surface area contributed by atoms with E-state index in [1.165, 1.54) is 12.1 Å². The van der Waals surface area contributed by atoms with Crippen LogP contribution < -0.4 is 5.73 Å². The van der Waals surface area contributed by atoms with Crippen molar-refractivity contribution in [2.75, 3.05) is 13.1 Å². The van der Waals surface area contributed by atoms with Crippen molar-refractivity contribution < 1.29 is 9.18 Å². The summed E-state index contributed by atoms with van der Waals surface area (Å²) in [5, 5.41) is 14.4. The predicted molar refractivity (Wildman–Crippen MR) is 126 cm³/mol. The van der Waals surface area contributed by atoms with Crippen molar-refractivity contribution in [3.63, 3.8) is 0 Å². The van der Waals surface area contributed by atoms with Crippen LogP contribution in [-0.2, 0) is 7.05 Å². The molecule has 8 nitrogen and oxygen atoms in total. The number of nitrogens with two attached hydrogens (primary N) is 1. The molecule has 1 aliphatic rings. The molecule has 4 aromatic rings. The molecule has 0 radical (unpaired) electrons. The van der Waals surface area contributed by atoms with E-state index >= 15 is 0 Å². The molecule has 172 valence electrons. The number of hydrogen-bond acceptors (Lipinski definition) is 5. The minimum absolute atomic E-state index is 0.0711. The maximum Gasteiger partial charge on any atom is 0.275 e. The molecule has 5 rings (SSSR count). The van der Waals surface area contributed by atoms with Gasteiger partial charge in [-0.25, -0.2) is 9.37 Å². The van der Waals surface area contributed by atoms with Gasteiger partial charge in [0.2, 0.25) is 0 Å². The summed E-state index contributed by atoms with van der Waals surface area (Å²) in [6.07, 6.45) is 3.38. The molecule has 2 N–H and O–H groups in total. The molecule has 10 heteroatoms. The average molecular weight is 478 g/mol. The molecule has 0 saturated carbocycles. The number of aryl methyl sites for hydroxylation is 1. The van der Waals surface area contributed by atoms with Crippen molar-refractivity contribution >= 4 is 28.4 Å². The normalized spacial score (nSPS) is 16.1. The molecular formula is C24H21ClFN7O. The van der Waals surface area contributed by atoms with Crippen LogP contribution in [0.4, 0.5) is 4.39 Å². The van der Waals surface area contributed by atoms with Gasteiger partial charge in [-0.05, 0) is 49.2 Å². The number of nitrogens with zero attached hydrogens (tertiary/aromatic N) is 6. The highest BCUT2D eigenvalue weighted by Crippen LogP contribution is 2.33. The monoisotopic (exact) mass is 477 g/mol. The number of amides is 1. The summed E-state index contributed by atoms with van der Waals surface area (Å²) in [6, 6.07) is 11.5. The third kappa shape index (κ3) is 3.71. The first-order valence-corrected chi connectivity index (χ1v) is 11.2. The van der Waals surface area contributed by atoms with Gasteiger partial charge in [-0.2, -0.15) is 10.4 Å². The number of piperidine rings is 1. The molecule has 1 saturated heterocycles. The Balaban J connectivity index is 1.68. The summed E-state index contributed by atoms with van der Waals surface area (Å²) < 4.78 is 17.9. The highest BCUT2D eigenvalue weighted by atomic mass is 35.5. The predicted octanol–water partition coefficient (Wildman–Crippen LogP) is 3.65. The zero-order valence-corrected chi connectivity index (χ0v) is 19.1. The number of halogens is 2. The molecule has 0 unspecified atom stereocenters. The van der Waals surface area contributed by atoms with E-state index in [4.69, 9.17) is 22.6 Å². The van der Waals surface area contributed by atoms with Crippen LogP contribution in [0.2, 0.25) is 5.15 Å². The number of aromatic nitrogens is 4. The van der Waals surface area contributed by atoms with E-state index in [0.717, 1.165) is 23.7 Å². The molecule has 1 atom stereocenters. The Morgan fingerprint density at radius 3 is 2.85 bits per heavy atom. The number of imidazole rings is 1. The lowest BCUT2D eigenvalue weighted by atomic mass is 10.1. The standard InChI is InChI=1S/C24H21ClFN7O/c1-31-20-7-6-18(9-16(20)12-29-31)33-22(25)21(24(34)32-8-2-3-17(28)13-32)30-23(33)14-4-5-15(11-27)19(26)10-14/h4-7,9-10,12,17H,2-3,8,13,28H2,1H3/t17-/m1/s1. The van der Waals surface area contributed by atoms with Crippen molar-refractivity contribution in [3.05, 3.63) is 64.8 Å². The van der Waals surface area contributed by atoms with Crippen molar-refractivity contribution in [2.24, 2.45) is 12.8 Å². The molecule has 2 aromatic carbocycles. The first-order valence-electron chi connectivity index (χ1n) is 10.8. The van der Waals surface area contributed by atoms with Gasteiger partial charge in [0.05, 0.1) is 17.3 Å². The largest absolute Gasteiger partial charge is 0.336 e. The molecule has 1 fully saturated rings. The SMILES string of the molecule is Cn1ncc2cc(-n3c(-c4ccc(C#N)c(F)c4)nc(C(=O)N4CCC[C@@H](N)C4)c3Cl)ccc21. The van der Waals surface area contributed by atoms with Crippen molar-refractivity contribution in [3.8, 4) is 23.1 Å². The maximum absolute atomic E-state index is 14.5. The lowest BCUT2D eigenvalue weighted by Gasteiger charge is -2.30. The average Bonchev–Trinajstić information content (AvgIpc) is 3.38. The zero-order chi connectivity index (χ0) is 24.0. The second-order valence-corrected chi connectivity index (χ2v) is 8.74. The van der Waals surface area contributed by atoms with E-state index in [2.05, 4.69) is 10.1 Å². The third-order valence-corrected chi connectivity index (χ3v) is 6.45. The van der Waals surface area contributed by atoms with Gasteiger partial charge in [0, 0.05) is 42.8 Å². The molecule has 1 amide bonds. The van der Waals surface area contributed by atoms with Gasteiger partial charge >= 0.3 is 0 Å². The number of carbonyl (C=O) groups is 1. The molecule has 34 heavy (non-hydrogen) atoms. The summed E-state index contributed by atoms with van der Waals surface area (Å²) in [6.45, 7) is 0.989. The van der Waals surface area contributed by atoms with Crippen molar-refractivity contribution in [1.82, 2.24) is 24.2 Å². The van der Waals surface area contributed by atoms with Crippen molar-refractivity contribution in [2.45, 2.75) is 18.9 Å². The van der Waals surface area contributed by atoms with Crippen LogP contribution in [-0.4, -0.2) is 49.3 Å². The molecule has 2 aromatic heterocycles. The minimum atomic E-state index is -0.678. The lowest BCUT2D eigenvalue weighted by molar-refractivity contribution is 0.0703. The van der Waals surface area contributed by atoms with Crippen LogP contribution in [0.25, 0.3) is 28.0 Å². The Morgan fingerprint density at radius 2 is 2.12 bits per heavy atom. The lowest BCUT2D eigenvalue weighted by Crippen LogP contribution is -2.45. The fraction of sp³-hybridized carbons (Fsp3) is 0.250. The van der Waals surface area contributed by atoms with Crippen LogP contribution in [0.5, 0.6) is 0 Å². The first kappa shape index (κ1) is 22.1. The highest BCUT2D eigenvalue weighted by Gasteiger charge is 2.29. The van der Waals surface area contributed by atoms with Gasteiger partial charge in [-0.1, -0.05) is 11.6 Å². The van der Waals surface area contributed by atoms with Gasteiger partial charge in [-0.3, -0.25) is 14.0 Å². The van der Waals surface area contributed by atoms with E-state index < -0.39 is 5.82 Å². The fourth-order valence-corrected chi connectivity index (χ4v) is 4.65. The van der Waals surface area contributed by atoms with Crippen LogP contribution in [0.3, 0.4) is 0 Å². The van der Waals surface area contributed by atoms with Crippen LogP contribution in [0.1, 0.15) is 28.9 Å². The summed E-state index contributed by atoms with van der Waals surface area (Å²) in [5.74, 6) is -0.707. The highest BCUT2D eigenvalue weighted by molar-refractivity contribution is 6.33. The number of hydrogen-bond donors (Lipinski definition) is 1. The number of benzene rings is 2. The second kappa shape index (κ2) is 8.56.